The first-order chi connectivity index (χ1) is 9.70. The average molecular weight is 350 g/mol. The highest BCUT2D eigenvalue weighted by Crippen LogP contribution is 2.21. The topological polar surface area (TPSA) is 68.0 Å². The molecule has 0 aliphatic carbocycles. The molecule has 4 nitrogen and oxygen atoms in total. The van der Waals surface area contributed by atoms with Crippen LogP contribution in [0.3, 0.4) is 0 Å². The monoisotopic (exact) mass is 349 g/mol. The molecule has 0 atom stereocenters. The number of thiophene rings is 1. The third kappa shape index (κ3) is 3.90. The number of aromatic nitrogens is 1. The van der Waals surface area contributed by atoms with Crippen LogP contribution in [0.5, 0.6) is 0 Å². The van der Waals surface area contributed by atoms with E-state index in [2.05, 4.69) is 38.1 Å². The van der Waals surface area contributed by atoms with Gasteiger partial charge in [-0.2, -0.15) is 0 Å². The Morgan fingerprint density at radius 1 is 1.45 bits per heavy atom. The fourth-order valence-electron chi connectivity index (χ4n) is 1.53. The third-order valence-electron chi connectivity index (χ3n) is 2.40. The van der Waals surface area contributed by atoms with Crippen molar-refractivity contribution < 1.29 is 4.79 Å². The molecule has 6 heteroatoms. The molecule has 0 aliphatic heterocycles. The summed E-state index contributed by atoms with van der Waals surface area (Å²) < 4.78 is 1.04. The van der Waals surface area contributed by atoms with Gasteiger partial charge >= 0.3 is 0 Å². The summed E-state index contributed by atoms with van der Waals surface area (Å²) in [6.45, 7) is 0.717. The Morgan fingerprint density at radius 3 is 3.00 bits per heavy atom. The van der Waals surface area contributed by atoms with Crippen LogP contribution < -0.4 is 11.1 Å². The van der Waals surface area contributed by atoms with E-state index in [9.17, 15) is 4.79 Å². The smallest absolute Gasteiger partial charge is 0.271 e. The summed E-state index contributed by atoms with van der Waals surface area (Å²) in [6, 6.07) is 7.41. The van der Waals surface area contributed by atoms with Crippen molar-refractivity contribution in [2.75, 3.05) is 6.54 Å². The van der Waals surface area contributed by atoms with Gasteiger partial charge in [-0.3, -0.25) is 4.79 Å². The van der Waals surface area contributed by atoms with E-state index in [-0.39, 0.29) is 12.5 Å². The minimum Gasteiger partial charge on any atom is -0.346 e. The van der Waals surface area contributed by atoms with Crippen LogP contribution in [0.4, 0.5) is 0 Å². The summed E-state index contributed by atoms with van der Waals surface area (Å²) in [4.78, 5) is 17.3. The van der Waals surface area contributed by atoms with E-state index in [1.165, 1.54) is 0 Å². The zero-order valence-corrected chi connectivity index (χ0v) is 12.9. The fourth-order valence-corrected chi connectivity index (χ4v) is 2.95. The number of halogens is 1. The molecule has 2 aromatic rings. The summed E-state index contributed by atoms with van der Waals surface area (Å²) in [5.74, 6) is 5.34. The van der Waals surface area contributed by atoms with Crippen LogP contribution in [-0.2, 0) is 6.54 Å². The Bertz CT molecular complexity index is 672. The second-order valence-electron chi connectivity index (χ2n) is 3.79. The van der Waals surface area contributed by atoms with Crippen LogP contribution in [0.1, 0.15) is 20.9 Å². The quantitative estimate of drug-likeness (QED) is 0.834. The number of nitrogens with zero attached hydrogens (tertiary/aromatic N) is 1. The highest BCUT2D eigenvalue weighted by molar-refractivity contribution is 9.11. The lowest BCUT2D eigenvalue weighted by Crippen LogP contribution is -2.24. The number of carbonyl (C=O) groups excluding carboxylic acids is 1. The second kappa shape index (κ2) is 7.20. The minimum atomic E-state index is -0.239. The Kier molecular flexibility index (Phi) is 5.30. The lowest BCUT2D eigenvalue weighted by molar-refractivity contribution is 0.0946. The zero-order valence-electron chi connectivity index (χ0n) is 10.5. The molecule has 0 unspecified atom stereocenters. The van der Waals surface area contributed by atoms with Crippen molar-refractivity contribution in [3.63, 3.8) is 0 Å². The first-order valence-electron chi connectivity index (χ1n) is 5.87. The van der Waals surface area contributed by atoms with Crippen molar-refractivity contribution in [1.29, 1.82) is 0 Å². The van der Waals surface area contributed by atoms with Gasteiger partial charge < -0.3 is 11.1 Å². The molecule has 2 heterocycles. The number of amides is 1. The van der Waals surface area contributed by atoms with Crippen molar-refractivity contribution in [2.45, 2.75) is 6.54 Å². The molecule has 1 amide bonds. The van der Waals surface area contributed by atoms with Crippen molar-refractivity contribution in [2.24, 2.45) is 5.73 Å². The van der Waals surface area contributed by atoms with Crippen molar-refractivity contribution in [1.82, 2.24) is 10.3 Å². The Hall–Kier alpha value is -1.68. The summed E-state index contributed by atoms with van der Waals surface area (Å²) in [6.07, 6.45) is 1.57. The molecule has 0 saturated carbocycles. The van der Waals surface area contributed by atoms with Gasteiger partial charge in [0.1, 0.15) is 5.69 Å². The number of nitrogens with two attached hydrogens (primary N) is 1. The number of nitrogens with one attached hydrogen (secondary N) is 1. The van der Waals surface area contributed by atoms with Gasteiger partial charge in [0.2, 0.25) is 0 Å². The van der Waals surface area contributed by atoms with Crippen LogP contribution in [0.15, 0.2) is 34.2 Å². The van der Waals surface area contributed by atoms with Gasteiger partial charge in [0, 0.05) is 11.1 Å². The molecule has 0 spiro atoms. The number of hydrogen-bond donors (Lipinski definition) is 2. The maximum absolute atomic E-state index is 12.1. The molecule has 0 saturated heterocycles. The standard InChI is InChI=1S/C14H12BrN3OS/c15-12-6-5-11(20-12)9-18-14(19)13-10(3-1-7-16)4-2-8-17-13/h2,4-6,8H,7,9,16H2,(H,18,19). The molecular formula is C14H12BrN3OS. The molecule has 2 rings (SSSR count). The maximum Gasteiger partial charge on any atom is 0.271 e. The predicted molar refractivity (Wildman–Crippen MR) is 83.4 cm³/mol. The Balaban J connectivity index is 2.09. The maximum atomic E-state index is 12.1. The molecule has 0 bridgehead atoms. The van der Waals surface area contributed by atoms with E-state index < -0.39 is 0 Å². The van der Waals surface area contributed by atoms with Crippen molar-refractivity contribution >= 4 is 33.2 Å². The molecule has 20 heavy (non-hydrogen) atoms. The lowest BCUT2D eigenvalue weighted by Gasteiger charge is -2.04. The van der Waals surface area contributed by atoms with E-state index in [1.807, 2.05) is 12.1 Å². The van der Waals surface area contributed by atoms with Crippen molar-refractivity contribution in [3.8, 4) is 11.8 Å². The van der Waals surface area contributed by atoms with Gasteiger partial charge in [0.25, 0.3) is 5.91 Å². The molecule has 102 valence electrons. The number of hydrogen-bond acceptors (Lipinski definition) is 4. The molecule has 0 fully saturated rings. The summed E-state index contributed by atoms with van der Waals surface area (Å²) in [5.41, 5.74) is 6.25. The molecule has 2 aromatic heterocycles. The van der Waals surface area contributed by atoms with Crippen LogP contribution in [-0.4, -0.2) is 17.4 Å². The Morgan fingerprint density at radius 2 is 2.30 bits per heavy atom. The van der Waals surface area contributed by atoms with E-state index in [1.54, 1.807) is 29.7 Å². The van der Waals surface area contributed by atoms with E-state index in [4.69, 9.17) is 5.73 Å². The average Bonchev–Trinajstić information content (AvgIpc) is 2.88. The second-order valence-corrected chi connectivity index (χ2v) is 6.34. The third-order valence-corrected chi connectivity index (χ3v) is 4.02. The minimum absolute atomic E-state index is 0.239. The summed E-state index contributed by atoms with van der Waals surface area (Å²) in [7, 11) is 0. The highest BCUT2D eigenvalue weighted by Gasteiger charge is 2.11. The molecule has 0 radical (unpaired) electrons. The predicted octanol–water partition coefficient (Wildman–Crippen LogP) is 2.15. The van der Waals surface area contributed by atoms with Crippen LogP contribution in [0, 0.1) is 11.8 Å². The summed E-state index contributed by atoms with van der Waals surface area (Å²) in [5, 5.41) is 2.83. The van der Waals surface area contributed by atoms with Gasteiger partial charge in [0.05, 0.1) is 22.4 Å². The van der Waals surface area contributed by atoms with Crippen molar-refractivity contribution in [3.05, 3.63) is 50.4 Å². The number of rotatable bonds is 3. The fraction of sp³-hybridized carbons (Fsp3) is 0.143. The number of pyridine rings is 1. The zero-order chi connectivity index (χ0) is 14.4. The lowest BCUT2D eigenvalue weighted by atomic mass is 10.2. The van der Waals surface area contributed by atoms with Gasteiger partial charge in [-0.25, -0.2) is 4.98 Å². The summed E-state index contributed by atoms with van der Waals surface area (Å²) >= 11 is 4.97. The van der Waals surface area contributed by atoms with Gasteiger partial charge in [0.15, 0.2) is 0 Å². The van der Waals surface area contributed by atoms with Gasteiger partial charge in [-0.05, 0) is 40.2 Å². The Labute approximate surface area is 129 Å². The van der Waals surface area contributed by atoms with Gasteiger partial charge in [-0.1, -0.05) is 11.8 Å². The van der Waals surface area contributed by atoms with Crippen LogP contribution in [0.25, 0.3) is 0 Å². The van der Waals surface area contributed by atoms with Crippen LogP contribution in [0.2, 0.25) is 0 Å². The largest absolute Gasteiger partial charge is 0.346 e. The molecular weight excluding hydrogens is 338 g/mol. The molecule has 0 aliphatic rings. The first kappa shape index (κ1) is 14.7. The highest BCUT2D eigenvalue weighted by atomic mass is 79.9. The van der Waals surface area contributed by atoms with E-state index >= 15 is 0 Å². The van der Waals surface area contributed by atoms with E-state index in [0.29, 0.717) is 17.8 Å². The molecule has 3 N–H and O–H groups in total. The number of carbonyl (C=O) groups is 1. The first-order valence-corrected chi connectivity index (χ1v) is 7.48. The van der Waals surface area contributed by atoms with E-state index in [0.717, 1.165) is 8.66 Å². The normalized spacial score (nSPS) is 9.70. The van der Waals surface area contributed by atoms with Crippen LogP contribution >= 0.6 is 27.3 Å². The van der Waals surface area contributed by atoms with Gasteiger partial charge in [-0.15, -0.1) is 11.3 Å². The SMILES string of the molecule is NCC#Cc1cccnc1C(=O)NCc1ccc(Br)s1. The molecule has 0 aromatic carbocycles.